The predicted molar refractivity (Wildman–Crippen MR) is 103 cm³/mol. The summed E-state index contributed by atoms with van der Waals surface area (Å²) in [5.41, 5.74) is 1.80. The second-order valence-corrected chi connectivity index (χ2v) is 7.06. The number of amides is 2. The lowest BCUT2D eigenvalue weighted by atomic mass is 10.1. The summed E-state index contributed by atoms with van der Waals surface area (Å²) in [6, 6.07) is 12.3. The van der Waals surface area contributed by atoms with E-state index in [1.54, 1.807) is 16.9 Å². The fourth-order valence-corrected chi connectivity index (χ4v) is 3.44. The first kappa shape index (κ1) is 19.0. The maximum atomic E-state index is 12.9. The average Bonchev–Trinajstić information content (AvgIpc) is 3.07. The molecule has 2 atom stereocenters. The van der Waals surface area contributed by atoms with Crippen molar-refractivity contribution >= 4 is 30.4 Å². The van der Waals surface area contributed by atoms with E-state index in [0.29, 0.717) is 19.3 Å². The highest BCUT2D eigenvalue weighted by Gasteiger charge is 2.33. The zero-order valence-corrected chi connectivity index (χ0v) is 15.5. The van der Waals surface area contributed by atoms with Crippen molar-refractivity contribution in [1.29, 1.82) is 0 Å². The van der Waals surface area contributed by atoms with Crippen molar-refractivity contribution in [2.75, 3.05) is 11.6 Å². The van der Waals surface area contributed by atoms with Gasteiger partial charge in [0.15, 0.2) is 0 Å². The zero-order chi connectivity index (χ0) is 19.4. The van der Waals surface area contributed by atoms with Gasteiger partial charge in [0.25, 0.3) is 5.91 Å². The molecule has 0 spiro atoms. The van der Waals surface area contributed by atoms with Crippen molar-refractivity contribution in [3.05, 3.63) is 59.9 Å². The van der Waals surface area contributed by atoms with Gasteiger partial charge < -0.3 is 10.4 Å². The number of aryl methyl sites for hydroxylation is 1. The molecule has 0 radical (unpaired) electrons. The molecule has 1 aliphatic rings. The molecule has 0 saturated carbocycles. The van der Waals surface area contributed by atoms with Crippen LogP contribution in [0.15, 0.2) is 48.7 Å². The van der Waals surface area contributed by atoms with E-state index in [9.17, 15) is 14.4 Å². The minimum absolute atomic E-state index is 0.345. The van der Waals surface area contributed by atoms with Crippen LogP contribution in [0.2, 0.25) is 0 Å². The normalized spacial score (nSPS) is 17.7. The van der Waals surface area contributed by atoms with Gasteiger partial charge >= 0.3 is 5.97 Å². The van der Waals surface area contributed by atoms with Crippen LogP contribution in [0.1, 0.15) is 17.7 Å². The number of carboxylic acid groups (broad SMARTS) is 1. The number of carboxylic acids is 1. The molecule has 0 saturated heterocycles. The van der Waals surface area contributed by atoms with Crippen molar-refractivity contribution in [3.63, 3.8) is 0 Å². The summed E-state index contributed by atoms with van der Waals surface area (Å²) >= 11 is 4.37. The van der Waals surface area contributed by atoms with Crippen molar-refractivity contribution in [1.82, 2.24) is 9.99 Å². The molecule has 1 aromatic carbocycles. The number of fused-ring (bicyclic) bond motifs is 1. The minimum atomic E-state index is -1.12. The second-order valence-electron chi connectivity index (χ2n) is 6.44. The first-order chi connectivity index (χ1) is 13.0. The highest BCUT2D eigenvalue weighted by molar-refractivity contribution is 7.81. The standard InChI is InChI=1S/C19H21N3O4S/c23-17(24)12-22-19(26)15(9-8-14-7-4-10-21(14)22)20-18(25)16(27)11-13-5-2-1-3-6-13/h1-7,10,15-16,27H,8-9,11-12H2,(H,20,25)(H,23,24)/t15-,16+/m0/s1. The Kier molecular flexibility index (Phi) is 5.85. The Morgan fingerprint density at radius 1 is 1.22 bits per heavy atom. The maximum absolute atomic E-state index is 12.9. The third-order valence-corrected chi connectivity index (χ3v) is 4.91. The van der Waals surface area contributed by atoms with Crippen molar-refractivity contribution in [2.45, 2.75) is 30.6 Å². The number of aliphatic carboxylic acids is 1. The largest absolute Gasteiger partial charge is 0.480 e. The molecule has 2 N–H and O–H groups in total. The van der Waals surface area contributed by atoms with Gasteiger partial charge in [0, 0.05) is 11.9 Å². The van der Waals surface area contributed by atoms with E-state index in [-0.39, 0.29) is 5.91 Å². The molecule has 142 valence electrons. The van der Waals surface area contributed by atoms with E-state index in [1.807, 2.05) is 36.4 Å². The molecule has 1 aromatic heterocycles. The number of nitrogens with zero attached hydrogens (tertiary/aromatic N) is 2. The lowest BCUT2D eigenvalue weighted by Crippen LogP contribution is -2.54. The number of hydrogen-bond donors (Lipinski definition) is 3. The SMILES string of the molecule is O=C(O)CN1C(=O)[C@@H](NC(=O)[C@H](S)Cc2ccccc2)CCc2cccn21. The molecule has 1 aliphatic heterocycles. The fraction of sp³-hybridized carbons (Fsp3) is 0.316. The molecule has 2 amide bonds. The van der Waals surface area contributed by atoms with Gasteiger partial charge in [0.05, 0.1) is 5.25 Å². The maximum Gasteiger partial charge on any atom is 0.325 e. The quantitative estimate of drug-likeness (QED) is 0.645. The average molecular weight is 387 g/mol. The van der Waals surface area contributed by atoms with E-state index in [0.717, 1.165) is 16.3 Å². The second kappa shape index (κ2) is 8.30. The van der Waals surface area contributed by atoms with E-state index in [1.165, 1.54) is 0 Å². The molecule has 0 bridgehead atoms. The van der Waals surface area contributed by atoms with Crippen LogP contribution >= 0.6 is 12.6 Å². The Bertz CT molecular complexity index is 836. The lowest BCUT2D eigenvalue weighted by molar-refractivity contribution is -0.137. The summed E-state index contributed by atoms with van der Waals surface area (Å²) in [5.74, 6) is -1.91. The van der Waals surface area contributed by atoms with Crippen LogP contribution in [0.3, 0.4) is 0 Å². The van der Waals surface area contributed by atoms with Crippen LogP contribution in [0, 0.1) is 0 Å². The summed E-state index contributed by atoms with van der Waals surface area (Å²) in [5, 5.41) is 12.4. The molecule has 0 fully saturated rings. The van der Waals surface area contributed by atoms with Crippen molar-refractivity contribution < 1.29 is 19.5 Å². The number of thiol groups is 1. The summed E-state index contributed by atoms with van der Waals surface area (Å²) < 4.78 is 1.55. The molecule has 27 heavy (non-hydrogen) atoms. The summed E-state index contributed by atoms with van der Waals surface area (Å²) in [6.07, 6.45) is 3.04. The van der Waals surface area contributed by atoms with E-state index in [2.05, 4.69) is 17.9 Å². The number of carbonyl (C=O) groups is 3. The van der Waals surface area contributed by atoms with Gasteiger partial charge in [-0.2, -0.15) is 12.6 Å². The summed E-state index contributed by atoms with van der Waals surface area (Å²) in [7, 11) is 0. The van der Waals surface area contributed by atoms with Crippen molar-refractivity contribution in [3.8, 4) is 0 Å². The zero-order valence-electron chi connectivity index (χ0n) is 14.6. The van der Waals surface area contributed by atoms with Gasteiger partial charge in [-0.3, -0.25) is 19.1 Å². The number of carbonyl (C=O) groups excluding carboxylic acids is 2. The number of rotatable bonds is 6. The monoisotopic (exact) mass is 387 g/mol. The topological polar surface area (TPSA) is 91.6 Å². The molecule has 2 heterocycles. The molecule has 7 nitrogen and oxygen atoms in total. The van der Waals surface area contributed by atoms with Crippen LogP contribution in [-0.2, 0) is 27.2 Å². The van der Waals surface area contributed by atoms with Crippen LogP contribution in [-0.4, -0.2) is 45.4 Å². The van der Waals surface area contributed by atoms with Gasteiger partial charge in [-0.15, -0.1) is 0 Å². The number of hydrogen-bond acceptors (Lipinski definition) is 4. The molecular weight excluding hydrogens is 366 g/mol. The van der Waals surface area contributed by atoms with E-state index in [4.69, 9.17) is 5.11 Å². The highest BCUT2D eigenvalue weighted by Crippen LogP contribution is 2.16. The third-order valence-electron chi connectivity index (χ3n) is 4.49. The molecule has 2 aromatic rings. The first-order valence-electron chi connectivity index (χ1n) is 8.68. The molecule has 0 aliphatic carbocycles. The Hall–Kier alpha value is -2.74. The van der Waals surface area contributed by atoms with Crippen molar-refractivity contribution in [2.24, 2.45) is 0 Å². The Balaban J connectivity index is 1.70. The number of benzene rings is 1. The summed E-state index contributed by atoms with van der Waals surface area (Å²) in [4.78, 5) is 36.6. The fourth-order valence-electron chi connectivity index (χ4n) is 3.16. The Labute approximate surface area is 162 Å². The predicted octanol–water partition coefficient (Wildman–Crippen LogP) is 1.01. The third kappa shape index (κ3) is 4.51. The smallest absolute Gasteiger partial charge is 0.325 e. The Morgan fingerprint density at radius 3 is 2.67 bits per heavy atom. The van der Waals surface area contributed by atoms with Gasteiger partial charge in [-0.05, 0) is 37.0 Å². The van der Waals surface area contributed by atoms with Gasteiger partial charge in [-0.25, -0.2) is 5.01 Å². The highest BCUT2D eigenvalue weighted by atomic mass is 32.1. The van der Waals surface area contributed by atoms with Gasteiger partial charge in [0.2, 0.25) is 5.91 Å². The van der Waals surface area contributed by atoms with Gasteiger partial charge in [-0.1, -0.05) is 30.3 Å². The van der Waals surface area contributed by atoms with E-state index >= 15 is 0 Å². The summed E-state index contributed by atoms with van der Waals surface area (Å²) in [6.45, 7) is -0.471. The minimum Gasteiger partial charge on any atom is -0.480 e. The lowest BCUT2D eigenvalue weighted by Gasteiger charge is -2.26. The number of nitrogens with one attached hydrogen (secondary N) is 1. The van der Waals surface area contributed by atoms with Crippen LogP contribution < -0.4 is 10.3 Å². The molecule has 8 heteroatoms. The van der Waals surface area contributed by atoms with Gasteiger partial charge in [0.1, 0.15) is 12.6 Å². The molecule has 0 unspecified atom stereocenters. The van der Waals surface area contributed by atoms with Crippen LogP contribution in [0.4, 0.5) is 0 Å². The van der Waals surface area contributed by atoms with Crippen LogP contribution in [0.5, 0.6) is 0 Å². The molecule has 3 rings (SSSR count). The number of aromatic nitrogens is 1. The first-order valence-corrected chi connectivity index (χ1v) is 9.19. The Morgan fingerprint density at radius 2 is 1.96 bits per heavy atom. The molecular formula is C19H21N3O4S. The van der Waals surface area contributed by atoms with E-state index < -0.39 is 29.7 Å². The van der Waals surface area contributed by atoms with Crippen LogP contribution in [0.25, 0.3) is 0 Å².